The van der Waals surface area contributed by atoms with Crippen molar-refractivity contribution in [3.05, 3.63) is 52.8 Å². The average molecular weight is 263 g/mol. The van der Waals surface area contributed by atoms with Crippen LogP contribution in [0.1, 0.15) is 27.3 Å². The number of nitrogens with zero attached hydrogens (tertiary/aromatic N) is 2. The first-order chi connectivity index (χ1) is 8.56. The Morgan fingerprint density at radius 2 is 1.83 bits per heavy atom. The minimum absolute atomic E-state index is 0.182. The predicted molar refractivity (Wildman–Crippen MR) is 67.9 cm³/mol. The lowest BCUT2D eigenvalue weighted by Gasteiger charge is -1.99. The molecule has 0 aliphatic carbocycles. The molecule has 2 rings (SSSR count). The molecule has 0 atom stereocenters. The maximum absolute atomic E-state index is 11.8. The molecule has 0 saturated heterocycles. The van der Waals surface area contributed by atoms with Gasteiger partial charge in [-0.25, -0.2) is 0 Å². The van der Waals surface area contributed by atoms with E-state index in [-0.39, 0.29) is 18.0 Å². The molecule has 1 aromatic heterocycles. The molecular weight excluding hydrogens is 252 g/mol. The number of hydrogen-bond acceptors (Lipinski definition) is 3. The summed E-state index contributed by atoms with van der Waals surface area (Å²) in [6, 6.07) is 8.06. The molecule has 0 aliphatic heterocycles. The predicted octanol–water partition coefficient (Wildman–Crippen LogP) is 2.53. The van der Waals surface area contributed by atoms with E-state index in [0.29, 0.717) is 16.3 Å². The van der Waals surface area contributed by atoms with E-state index in [1.54, 1.807) is 43.6 Å². The van der Waals surface area contributed by atoms with Crippen molar-refractivity contribution >= 4 is 23.2 Å². The third kappa shape index (κ3) is 2.84. The maximum Gasteiger partial charge on any atom is 0.190 e. The van der Waals surface area contributed by atoms with Crippen molar-refractivity contribution < 1.29 is 9.59 Å². The van der Waals surface area contributed by atoms with E-state index in [1.807, 2.05) is 0 Å². The van der Waals surface area contributed by atoms with Gasteiger partial charge in [-0.1, -0.05) is 11.6 Å². The number of benzene rings is 1. The number of ketones is 2. The normalized spacial score (nSPS) is 10.3. The summed E-state index contributed by atoms with van der Waals surface area (Å²) >= 11 is 5.73. The summed E-state index contributed by atoms with van der Waals surface area (Å²) in [4.78, 5) is 23.6. The highest BCUT2D eigenvalue weighted by atomic mass is 35.5. The second kappa shape index (κ2) is 5.14. The summed E-state index contributed by atoms with van der Waals surface area (Å²) in [5, 5.41) is 4.52. The minimum atomic E-state index is -0.282. The van der Waals surface area contributed by atoms with Crippen molar-refractivity contribution in [3.63, 3.8) is 0 Å². The first kappa shape index (κ1) is 12.5. The molecule has 0 radical (unpaired) electrons. The van der Waals surface area contributed by atoms with Gasteiger partial charge in [-0.05, 0) is 30.3 Å². The smallest absolute Gasteiger partial charge is 0.190 e. The highest BCUT2D eigenvalue weighted by Gasteiger charge is 2.15. The van der Waals surface area contributed by atoms with Crippen LogP contribution in [0.15, 0.2) is 36.5 Å². The Morgan fingerprint density at radius 3 is 2.39 bits per heavy atom. The third-order valence-corrected chi connectivity index (χ3v) is 2.74. The fourth-order valence-corrected chi connectivity index (χ4v) is 1.66. The van der Waals surface area contributed by atoms with Crippen LogP contribution in [0.25, 0.3) is 0 Å². The Hall–Kier alpha value is -1.94. The molecule has 1 heterocycles. The van der Waals surface area contributed by atoms with Gasteiger partial charge in [0.25, 0.3) is 0 Å². The monoisotopic (exact) mass is 262 g/mol. The Balaban J connectivity index is 2.08. The van der Waals surface area contributed by atoms with Gasteiger partial charge in [0.2, 0.25) is 0 Å². The van der Waals surface area contributed by atoms with Crippen LogP contribution in [0.5, 0.6) is 0 Å². The van der Waals surface area contributed by atoms with E-state index in [2.05, 4.69) is 5.10 Å². The number of carbonyl (C=O) groups is 2. The van der Waals surface area contributed by atoms with E-state index >= 15 is 0 Å². The van der Waals surface area contributed by atoms with Crippen LogP contribution in [0, 0.1) is 0 Å². The number of aryl methyl sites for hydroxylation is 1. The van der Waals surface area contributed by atoms with Crippen LogP contribution >= 0.6 is 11.6 Å². The number of carbonyl (C=O) groups excluding carboxylic acids is 2. The SMILES string of the molecule is Cn1ccc(C(=O)CC(=O)c2ccc(Cl)cc2)n1. The highest BCUT2D eigenvalue weighted by molar-refractivity contribution is 6.30. The fraction of sp³-hybridized carbons (Fsp3) is 0.154. The molecule has 2 aromatic rings. The van der Waals surface area contributed by atoms with Crippen molar-refractivity contribution in [2.24, 2.45) is 7.05 Å². The van der Waals surface area contributed by atoms with Gasteiger partial charge < -0.3 is 0 Å². The van der Waals surface area contributed by atoms with Crippen molar-refractivity contribution in [1.29, 1.82) is 0 Å². The van der Waals surface area contributed by atoms with E-state index in [0.717, 1.165) is 0 Å². The number of rotatable bonds is 4. The molecule has 0 fully saturated rings. The zero-order chi connectivity index (χ0) is 13.1. The molecule has 1 aromatic carbocycles. The van der Waals surface area contributed by atoms with Crippen molar-refractivity contribution in [2.45, 2.75) is 6.42 Å². The molecule has 0 aliphatic rings. The molecule has 0 saturated carbocycles. The summed E-state index contributed by atoms with van der Waals surface area (Å²) in [5.41, 5.74) is 0.781. The lowest BCUT2D eigenvalue weighted by Crippen LogP contribution is -2.09. The Bertz CT molecular complexity index is 587. The lowest BCUT2D eigenvalue weighted by molar-refractivity contribution is 0.0891. The average Bonchev–Trinajstić information content (AvgIpc) is 2.76. The van der Waals surface area contributed by atoms with Gasteiger partial charge in [0.1, 0.15) is 5.69 Å². The fourth-order valence-electron chi connectivity index (χ4n) is 1.54. The Labute approximate surface area is 109 Å². The van der Waals surface area contributed by atoms with Crippen LogP contribution in [0.4, 0.5) is 0 Å². The summed E-state index contributed by atoms with van der Waals surface area (Å²) < 4.78 is 1.53. The molecule has 92 valence electrons. The van der Waals surface area contributed by atoms with Gasteiger partial charge in [-0.15, -0.1) is 0 Å². The number of Topliss-reactive ketones (excluding diaryl/α,β-unsaturated/α-hetero) is 2. The largest absolute Gasteiger partial charge is 0.294 e. The number of halogens is 1. The lowest BCUT2D eigenvalue weighted by atomic mass is 10.0. The van der Waals surface area contributed by atoms with E-state index in [1.165, 1.54) is 4.68 Å². The summed E-state index contributed by atoms with van der Waals surface area (Å²) in [6.45, 7) is 0. The molecular formula is C13H11ClN2O2. The van der Waals surface area contributed by atoms with Gasteiger partial charge in [0, 0.05) is 23.8 Å². The topological polar surface area (TPSA) is 52.0 Å². The Kier molecular flexibility index (Phi) is 3.58. The molecule has 4 nitrogen and oxygen atoms in total. The molecule has 0 N–H and O–H groups in total. The summed E-state index contributed by atoms with van der Waals surface area (Å²) in [7, 11) is 1.72. The third-order valence-electron chi connectivity index (χ3n) is 2.49. The van der Waals surface area contributed by atoms with Gasteiger partial charge in [-0.2, -0.15) is 5.10 Å². The first-order valence-electron chi connectivity index (χ1n) is 5.38. The van der Waals surface area contributed by atoms with E-state index in [4.69, 9.17) is 11.6 Å². The second-order valence-corrected chi connectivity index (χ2v) is 4.34. The van der Waals surface area contributed by atoms with Crippen molar-refractivity contribution in [1.82, 2.24) is 9.78 Å². The zero-order valence-corrected chi connectivity index (χ0v) is 10.5. The molecule has 0 amide bonds. The molecule has 0 spiro atoms. The van der Waals surface area contributed by atoms with Crippen molar-refractivity contribution in [3.8, 4) is 0 Å². The quantitative estimate of drug-likeness (QED) is 0.628. The summed E-state index contributed by atoms with van der Waals surface area (Å²) in [5.74, 6) is -0.516. The van der Waals surface area contributed by atoms with Gasteiger partial charge in [0.15, 0.2) is 11.6 Å². The van der Waals surface area contributed by atoms with Gasteiger partial charge >= 0.3 is 0 Å². The molecule has 0 bridgehead atoms. The molecule has 5 heteroatoms. The van der Waals surface area contributed by atoms with Crippen LogP contribution in [0.2, 0.25) is 5.02 Å². The Morgan fingerprint density at radius 1 is 1.17 bits per heavy atom. The standard InChI is InChI=1S/C13H11ClN2O2/c1-16-7-6-11(15-16)13(18)8-12(17)9-2-4-10(14)5-3-9/h2-7H,8H2,1H3. The van der Waals surface area contributed by atoms with Gasteiger partial charge in [0.05, 0.1) is 6.42 Å². The number of aromatic nitrogens is 2. The van der Waals surface area contributed by atoms with Crippen LogP contribution in [-0.4, -0.2) is 21.3 Å². The summed E-state index contributed by atoms with van der Waals surface area (Å²) in [6.07, 6.45) is 1.48. The van der Waals surface area contributed by atoms with Crippen LogP contribution in [0.3, 0.4) is 0 Å². The molecule has 0 unspecified atom stereocenters. The first-order valence-corrected chi connectivity index (χ1v) is 5.75. The van der Waals surface area contributed by atoms with E-state index < -0.39 is 0 Å². The van der Waals surface area contributed by atoms with Crippen molar-refractivity contribution in [2.75, 3.05) is 0 Å². The highest BCUT2D eigenvalue weighted by Crippen LogP contribution is 2.12. The van der Waals surface area contributed by atoms with Crippen LogP contribution in [-0.2, 0) is 7.05 Å². The maximum atomic E-state index is 11.8. The number of hydrogen-bond donors (Lipinski definition) is 0. The molecule has 18 heavy (non-hydrogen) atoms. The second-order valence-electron chi connectivity index (χ2n) is 3.90. The van der Waals surface area contributed by atoms with Crippen LogP contribution < -0.4 is 0 Å². The zero-order valence-electron chi connectivity index (χ0n) is 9.76. The van der Waals surface area contributed by atoms with Gasteiger partial charge in [-0.3, -0.25) is 14.3 Å². The minimum Gasteiger partial charge on any atom is -0.294 e. The van der Waals surface area contributed by atoms with E-state index in [9.17, 15) is 9.59 Å².